The Morgan fingerprint density at radius 3 is 1.59 bits per heavy atom. The van der Waals surface area contributed by atoms with E-state index in [2.05, 4.69) is 200 Å². The summed E-state index contributed by atoms with van der Waals surface area (Å²) in [5.41, 5.74) is 9.35. The van der Waals surface area contributed by atoms with Gasteiger partial charge in [0.1, 0.15) is 0 Å². The van der Waals surface area contributed by atoms with E-state index < -0.39 is 0 Å². The van der Waals surface area contributed by atoms with Crippen molar-refractivity contribution in [2.24, 2.45) is 0 Å². The van der Waals surface area contributed by atoms with Crippen LogP contribution in [0.1, 0.15) is 0 Å². The first kappa shape index (κ1) is 33.2. The summed E-state index contributed by atoms with van der Waals surface area (Å²) in [7, 11) is 0. The quantitative estimate of drug-likeness (QED) is 0.162. The highest BCUT2D eigenvalue weighted by Gasteiger charge is 2.27. The molecule has 0 saturated carbocycles. The van der Waals surface area contributed by atoms with Crippen molar-refractivity contribution in [1.82, 2.24) is 4.98 Å². The largest absolute Gasteiger partial charge is 0.248 e. The van der Waals surface area contributed by atoms with Gasteiger partial charge < -0.3 is 0 Å². The lowest BCUT2D eigenvalue weighted by molar-refractivity contribution is 1.34. The fourth-order valence-electron chi connectivity index (χ4n) is 10.9. The molecule has 2 aromatic heterocycles. The van der Waals surface area contributed by atoms with E-state index in [9.17, 15) is 0 Å². The second-order valence-corrected chi connectivity index (χ2v) is 17.5. The zero-order valence-corrected chi connectivity index (χ0v) is 33.7. The molecule has 61 heavy (non-hydrogen) atoms. The average Bonchev–Trinajstić information content (AvgIpc) is 3.98. The number of pyridine rings is 1. The summed E-state index contributed by atoms with van der Waals surface area (Å²) in [5, 5.41) is 20.8. The average molecular weight is 788 g/mol. The molecule has 0 fully saturated rings. The Morgan fingerprint density at radius 1 is 0.279 bits per heavy atom. The Morgan fingerprint density at radius 2 is 0.803 bits per heavy atom. The topological polar surface area (TPSA) is 12.9 Å². The van der Waals surface area contributed by atoms with Gasteiger partial charge in [0.05, 0.1) is 11.4 Å². The highest BCUT2D eigenvalue weighted by Crippen LogP contribution is 2.55. The summed E-state index contributed by atoms with van der Waals surface area (Å²) >= 11 is 1.85. The predicted molar refractivity (Wildman–Crippen MR) is 264 cm³/mol. The van der Waals surface area contributed by atoms with Crippen molar-refractivity contribution >= 4 is 107 Å². The summed E-state index contributed by atoms with van der Waals surface area (Å²) < 4.78 is 2.58. The highest BCUT2D eigenvalue weighted by atomic mass is 32.1. The van der Waals surface area contributed by atoms with Crippen LogP contribution in [0.3, 0.4) is 0 Å². The summed E-state index contributed by atoms with van der Waals surface area (Å²) in [6.45, 7) is 0. The fourth-order valence-corrected chi connectivity index (χ4v) is 12.1. The molecule has 0 bridgehead atoms. The number of aromatic nitrogens is 1. The van der Waals surface area contributed by atoms with Gasteiger partial charge in [0.25, 0.3) is 0 Å². The number of hydrogen-bond acceptors (Lipinski definition) is 2. The summed E-state index contributed by atoms with van der Waals surface area (Å²) in [4.78, 5) is 5.47. The van der Waals surface area contributed by atoms with Crippen molar-refractivity contribution in [1.29, 1.82) is 0 Å². The maximum absolute atomic E-state index is 5.47. The van der Waals surface area contributed by atoms with E-state index in [-0.39, 0.29) is 0 Å². The van der Waals surface area contributed by atoms with Crippen molar-refractivity contribution in [3.05, 3.63) is 200 Å². The van der Waals surface area contributed by atoms with Gasteiger partial charge in [0.15, 0.2) is 0 Å². The number of fused-ring (bicyclic) bond motifs is 11. The molecule has 0 aliphatic heterocycles. The molecule has 12 aromatic carbocycles. The number of nitrogens with zero attached hydrogens (tertiary/aromatic N) is 1. The summed E-state index contributed by atoms with van der Waals surface area (Å²) in [5.74, 6) is 0. The Kier molecular flexibility index (Phi) is 6.77. The third-order valence-electron chi connectivity index (χ3n) is 13.3. The number of benzene rings is 10. The zero-order valence-electron chi connectivity index (χ0n) is 32.9. The van der Waals surface area contributed by atoms with Gasteiger partial charge in [-0.2, -0.15) is 0 Å². The zero-order chi connectivity index (χ0) is 39.8. The normalized spacial score (nSPS) is 12.3. The van der Waals surface area contributed by atoms with E-state index in [4.69, 9.17) is 4.98 Å². The molecule has 14 aromatic rings. The molecule has 0 aliphatic rings. The number of hydrogen-bond donors (Lipinski definition) is 0. The first-order valence-corrected chi connectivity index (χ1v) is 21.9. The molecule has 1 nitrogen and oxygen atoms in total. The summed E-state index contributed by atoms with van der Waals surface area (Å²) in [6, 6.07) is 74.1. The maximum atomic E-state index is 5.47. The van der Waals surface area contributed by atoms with Crippen molar-refractivity contribution in [2.45, 2.75) is 0 Å². The standard InChI is InChI=1S/C59H33NS/c1-3-15-34(16-4-1)52-48-33-47-37-20-8-7-19-36(37)40-22-11-26-44(55(40)47)56(48)53(35-17-5-2-6-18-35)58-46-32-31-38(41-23-12-27-45(54(41)46)57(52)58)49-28-14-29-50(60-49)43-25-13-24-42-39-21-9-10-30-51(39)61-59(42)43/h1-33H. The first-order chi connectivity index (χ1) is 30.3. The monoisotopic (exact) mass is 787 g/mol. The van der Waals surface area contributed by atoms with E-state index in [0.717, 1.165) is 17.0 Å². The molecule has 2 heteroatoms. The van der Waals surface area contributed by atoms with Crippen LogP contribution in [0, 0.1) is 0 Å². The van der Waals surface area contributed by atoms with Crippen molar-refractivity contribution in [3.8, 4) is 44.8 Å². The molecule has 0 amide bonds. The Hall–Kier alpha value is -7.65. The van der Waals surface area contributed by atoms with E-state index in [1.165, 1.54) is 123 Å². The molecular formula is C59H33NS. The van der Waals surface area contributed by atoms with Crippen molar-refractivity contribution in [3.63, 3.8) is 0 Å². The van der Waals surface area contributed by atoms with Crippen LogP contribution in [0.2, 0.25) is 0 Å². The molecule has 0 saturated heterocycles. The van der Waals surface area contributed by atoms with Gasteiger partial charge in [-0.3, -0.25) is 0 Å². The van der Waals surface area contributed by atoms with E-state index in [1.807, 2.05) is 11.3 Å². The molecule has 0 spiro atoms. The van der Waals surface area contributed by atoms with E-state index in [0.29, 0.717) is 0 Å². The molecule has 0 N–H and O–H groups in total. The smallest absolute Gasteiger partial charge is 0.0723 e. The van der Waals surface area contributed by atoms with Gasteiger partial charge in [-0.1, -0.05) is 176 Å². The van der Waals surface area contributed by atoms with Crippen LogP contribution in [0.4, 0.5) is 0 Å². The highest BCUT2D eigenvalue weighted by molar-refractivity contribution is 7.26. The lowest BCUT2D eigenvalue weighted by atomic mass is 9.84. The van der Waals surface area contributed by atoms with Gasteiger partial charge in [-0.05, 0) is 122 Å². The van der Waals surface area contributed by atoms with Crippen LogP contribution in [0.25, 0.3) is 140 Å². The Bertz CT molecular complexity index is 4090. The van der Waals surface area contributed by atoms with Gasteiger partial charge in [0.2, 0.25) is 0 Å². The molecule has 0 atom stereocenters. The van der Waals surface area contributed by atoms with Crippen LogP contribution in [-0.4, -0.2) is 4.98 Å². The van der Waals surface area contributed by atoms with Crippen LogP contribution in [0.15, 0.2) is 200 Å². The van der Waals surface area contributed by atoms with E-state index in [1.54, 1.807) is 0 Å². The SMILES string of the molecule is c1ccc(-c2c3cc4c5ccccc5c5cccc(c3c(-c3ccccc3)c3c6ccc(-c7cccc(-c8cccc9c8sc8ccccc89)n7)c7cccc(c23)c76)c54)cc1. The first-order valence-electron chi connectivity index (χ1n) is 21.0. The van der Waals surface area contributed by atoms with Gasteiger partial charge in [-0.25, -0.2) is 4.98 Å². The van der Waals surface area contributed by atoms with Crippen LogP contribution in [-0.2, 0) is 0 Å². The second-order valence-electron chi connectivity index (χ2n) is 16.4. The number of thiophene rings is 1. The maximum Gasteiger partial charge on any atom is 0.0723 e. The third kappa shape index (κ3) is 4.52. The lowest BCUT2D eigenvalue weighted by Gasteiger charge is -2.19. The molecule has 0 aliphatic carbocycles. The molecule has 14 rings (SSSR count). The lowest BCUT2D eigenvalue weighted by Crippen LogP contribution is -1.91. The summed E-state index contributed by atoms with van der Waals surface area (Å²) in [6.07, 6.45) is 0. The molecule has 0 unspecified atom stereocenters. The third-order valence-corrected chi connectivity index (χ3v) is 14.6. The number of rotatable bonds is 4. The van der Waals surface area contributed by atoms with Crippen molar-refractivity contribution in [2.75, 3.05) is 0 Å². The van der Waals surface area contributed by atoms with Crippen LogP contribution < -0.4 is 0 Å². The molecular weight excluding hydrogens is 755 g/mol. The predicted octanol–water partition coefficient (Wildman–Crippen LogP) is 17.1. The molecule has 280 valence electrons. The minimum Gasteiger partial charge on any atom is -0.248 e. The second kappa shape index (κ2) is 12.4. The fraction of sp³-hybridized carbons (Fsp3) is 0. The van der Waals surface area contributed by atoms with Crippen LogP contribution >= 0.6 is 11.3 Å². The van der Waals surface area contributed by atoms with Gasteiger partial charge >= 0.3 is 0 Å². The minimum absolute atomic E-state index is 0.982. The van der Waals surface area contributed by atoms with Crippen LogP contribution in [0.5, 0.6) is 0 Å². The molecule has 2 heterocycles. The van der Waals surface area contributed by atoms with Gasteiger partial charge in [0, 0.05) is 31.3 Å². The minimum atomic E-state index is 0.982. The molecule has 0 radical (unpaired) electrons. The Balaban J connectivity index is 1.13. The van der Waals surface area contributed by atoms with E-state index >= 15 is 0 Å². The Labute approximate surface area is 355 Å². The van der Waals surface area contributed by atoms with Crippen molar-refractivity contribution < 1.29 is 0 Å². The van der Waals surface area contributed by atoms with Gasteiger partial charge in [-0.15, -0.1) is 11.3 Å².